The minimum atomic E-state index is -3.48. The molecule has 76 valence electrons. The van der Waals surface area contributed by atoms with Crippen molar-refractivity contribution in [2.24, 2.45) is 0 Å². The summed E-state index contributed by atoms with van der Waals surface area (Å²) in [6, 6.07) is 4.23. The molecule has 0 saturated heterocycles. The van der Waals surface area contributed by atoms with Gasteiger partial charge in [0.2, 0.25) is 0 Å². The second-order valence-corrected chi connectivity index (χ2v) is 5.06. The van der Waals surface area contributed by atoms with Crippen LogP contribution in [0.1, 0.15) is 15.9 Å². The lowest BCUT2D eigenvalue weighted by atomic mass is 10.1. The standard InChI is InChI=1S/C9H10O4S/c1-6-3-4-7(9(10)11)8(5-6)14(2,12)13/h3-5H,1-2H3,(H,10,11). The first kappa shape index (κ1) is 10.7. The maximum Gasteiger partial charge on any atom is 0.337 e. The van der Waals surface area contributed by atoms with E-state index in [0.29, 0.717) is 0 Å². The first-order chi connectivity index (χ1) is 6.32. The second kappa shape index (κ2) is 3.42. The fraction of sp³-hybridized carbons (Fsp3) is 0.222. The Hall–Kier alpha value is -1.36. The number of carbonyl (C=O) groups is 1. The third-order valence-electron chi connectivity index (χ3n) is 1.77. The van der Waals surface area contributed by atoms with Crippen LogP contribution in [0.4, 0.5) is 0 Å². The Bertz CT molecular complexity index is 474. The molecule has 0 aliphatic rings. The largest absolute Gasteiger partial charge is 0.478 e. The predicted molar refractivity (Wildman–Crippen MR) is 51.2 cm³/mol. The van der Waals surface area contributed by atoms with E-state index in [-0.39, 0.29) is 10.5 Å². The quantitative estimate of drug-likeness (QED) is 0.800. The maximum absolute atomic E-state index is 11.2. The van der Waals surface area contributed by atoms with E-state index >= 15 is 0 Å². The molecule has 0 bridgehead atoms. The molecule has 0 fully saturated rings. The number of aryl methyl sites for hydroxylation is 1. The van der Waals surface area contributed by atoms with Crippen molar-refractivity contribution in [3.8, 4) is 0 Å². The van der Waals surface area contributed by atoms with Gasteiger partial charge in [0.15, 0.2) is 9.84 Å². The van der Waals surface area contributed by atoms with Crippen molar-refractivity contribution >= 4 is 15.8 Å². The molecule has 14 heavy (non-hydrogen) atoms. The Balaban J connectivity index is 3.54. The van der Waals surface area contributed by atoms with E-state index in [2.05, 4.69) is 0 Å². The highest BCUT2D eigenvalue weighted by Crippen LogP contribution is 2.17. The lowest BCUT2D eigenvalue weighted by Crippen LogP contribution is -2.07. The number of carboxylic acids is 1. The average molecular weight is 214 g/mol. The molecule has 0 aliphatic heterocycles. The maximum atomic E-state index is 11.2. The molecule has 0 unspecified atom stereocenters. The Labute approximate surface area is 82.1 Å². The van der Waals surface area contributed by atoms with Crippen LogP contribution in [0, 0.1) is 6.92 Å². The zero-order valence-corrected chi connectivity index (χ0v) is 8.63. The van der Waals surface area contributed by atoms with E-state index in [4.69, 9.17) is 5.11 Å². The topological polar surface area (TPSA) is 71.4 Å². The number of hydrogen-bond donors (Lipinski definition) is 1. The lowest BCUT2D eigenvalue weighted by molar-refractivity contribution is 0.0692. The van der Waals surface area contributed by atoms with Crippen molar-refractivity contribution < 1.29 is 18.3 Å². The van der Waals surface area contributed by atoms with Gasteiger partial charge in [0.25, 0.3) is 0 Å². The number of carboxylic acid groups (broad SMARTS) is 1. The smallest absolute Gasteiger partial charge is 0.337 e. The summed E-state index contributed by atoms with van der Waals surface area (Å²) in [4.78, 5) is 10.6. The van der Waals surface area contributed by atoms with E-state index in [9.17, 15) is 13.2 Å². The van der Waals surface area contributed by atoms with Gasteiger partial charge in [-0.3, -0.25) is 0 Å². The van der Waals surface area contributed by atoms with Crippen LogP contribution < -0.4 is 0 Å². The molecule has 0 spiro atoms. The molecule has 0 radical (unpaired) electrons. The van der Waals surface area contributed by atoms with E-state index < -0.39 is 15.8 Å². The predicted octanol–water partition coefficient (Wildman–Crippen LogP) is 1.10. The van der Waals surface area contributed by atoms with Crippen molar-refractivity contribution in [2.45, 2.75) is 11.8 Å². The highest BCUT2D eigenvalue weighted by molar-refractivity contribution is 7.90. The molecular weight excluding hydrogens is 204 g/mol. The Morgan fingerprint density at radius 2 is 1.93 bits per heavy atom. The SMILES string of the molecule is Cc1ccc(C(=O)O)c(S(C)(=O)=O)c1. The average Bonchev–Trinajstić information content (AvgIpc) is 2.01. The minimum absolute atomic E-state index is 0.134. The molecule has 1 N–H and O–H groups in total. The van der Waals surface area contributed by atoms with Crippen LogP contribution in [0.3, 0.4) is 0 Å². The van der Waals surface area contributed by atoms with Gasteiger partial charge in [0, 0.05) is 6.26 Å². The molecule has 0 atom stereocenters. The van der Waals surface area contributed by atoms with E-state index in [1.807, 2.05) is 0 Å². The monoisotopic (exact) mass is 214 g/mol. The van der Waals surface area contributed by atoms with Crippen molar-refractivity contribution in [3.63, 3.8) is 0 Å². The molecule has 0 heterocycles. The van der Waals surface area contributed by atoms with Gasteiger partial charge in [0.1, 0.15) is 0 Å². The molecule has 4 nitrogen and oxygen atoms in total. The summed E-state index contributed by atoms with van der Waals surface area (Å²) >= 11 is 0. The van der Waals surface area contributed by atoms with Crippen molar-refractivity contribution in [3.05, 3.63) is 29.3 Å². The zero-order chi connectivity index (χ0) is 10.9. The van der Waals surface area contributed by atoms with Crippen LogP contribution in [0.2, 0.25) is 0 Å². The first-order valence-electron chi connectivity index (χ1n) is 3.86. The zero-order valence-electron chi connectivity index (χ0n) is 7.81. The number of rotatable bonds is 2. The fourth-order valence-corrected chi connectivity index (χ4v) is 2.07. The summed E-state index contributed by atoms with van der Waals surface area (Å²) in [6.45, 7) is 1.71. The minimum Gasteiger partial charge on any atom is -0.478 e. The molecule has 0 aromatic heterocycles. The second-order valence-electron chi connectivity index (χ2n) is 3.08. The number of benzene rings is 1. The molecule has 5 heteroatoms. The lowest BCUT2D eigenvalue weighted by Gasteiger charge is -2.04. The number of sulfone groups is 1. The third-order valence-corrected chi connectivity index (χ3v) is 2.90. The van der Waals surface area contributed by atoms with Crippen molar-refractivity contribution in [1.29, 1.82) is 0 Å². The normalized spacial score (nSPS) is 11.3. The Kier molecular flexibility index (Phi) is 2.62. The third kappa shape index (κ3) is 2.11. The van der Waals surface area contributed by atoms with Crippen LogP contribution in [0.5, 0.6) is 0 Å². The van der Waals surface area contributed by atoms with Gasteiger partial charge in [-0.1, -0.05) is 6.07 Å². The van der Waals surface area contributed by atoms with Crippen LogP contribution >= 0.6 is 0 Å². The van der Waals surface area contributed by atoms with E-state index in [1.54, 1.807) is 13.0 Å². The van der Waals surface area contributed by atoms with Gasteiger partial charge >= 0.3 is 5.97 Å². The number of hydrogen-bond acceptors (Lipinski definition) is 3. The van der Waals surface area contributed by atoms with Gasteiger partial charge in [-0.05, 0) is 24.6 Å². The molecule has 1 rings (SSSR count). The summed E-state index contributed by atoms with van der Waals surface area (Å²) in [7, 11) is -3.48. The summed E-state index contributed by atoms with van der Waals surface area (Å²) in [6.07, 6.45) is 0.994. The summed E-state index contributed by atoms with van der Waals surface area (Å²) in [5.74, 6) is -1.23. The van der Waals surface area contributed by atoms with E-state index in [0.717, 1.165) is 11.8 Å². The van der Waals surface area contributed by atoms with Crippen LogP contribution in [0.25, 0.3) is 0 Å². The summed E-state index contributed by atoms with van der Waals surface area (Å²) in [5, 5.41) is 8.76. The fourth-order valence-electron chi connectivity index (χ4n) is 1.11. The van der Waals surface area contributed by atoms with Gasteiger partial charge in [-0.15, -0.1) is 0 Å². The summed E-state index contributed by atoms with van der Waals surface area (Å²) in [5.41, 5.74) is 0.536. The first-order valence-corrected chi connectivity index (χ1v) is 5.75. The Morgan fingerprint density at radius 1 is 1.36 bits per heavy atom. The van der Waals surface area contributed by atoms with Crippen LogP contribution in [-0.4, -0.2) is 25.7 Å². The van der Waals surface area contributed by atoms with Gasteiger partial charge in [-0.2, -0.15) is 0 Å². The molecule has 0 amide bonds. The van der Waals surface area contributed by atoms with Crippen LogP contribution in [0.15, 0.2) is 23.1 Å². The highest BCUT2D eigenvalue weighted by atomic mass is 32.2. The molecule has 1 aromatic rings. The van der Waals surface area contributed by atoms with Gasteiger partial charge in [-0.25, -0.2) is 13.2 Å². The van der Waals surface area contributed by atoms with Crippen molar-refractivity contribution in [1.82, 2.24) is 0 Å². The molecule has 1 aromatic carbocycles. The summed E-state index contributed by atoms with van der Waals surface area (Å²) < 4.78 is 22.5. The van der Waals surface area contributed by atoms with Gasteiger partial charge < -0.3 is 5.11 Å². The van der Waals surface area contributed by atoms with E-state index in [1.165, 1.54) is 12.1 Å². The number of aromatic carboxylic acids is 1. The van der Waals surface area contributed by atoms with Crippen LogP contribution in [-0.2, 0) is 9.84 Å². The highest BCUT2D eigenvalue weighted by Gasteiger charge is 2.17. The molecule has 0 aliphatic carbocycles. The Morgan fingerprint density at radius 3 is 2.36 bits per heavy atom. The van der Waals surface area contributed by atoms with Gasteiger partial charge in [0.05, 0.1) is 10.5 Å². The molecule has 0 saturated carbocycles. The molecular formula is C9H10O4S. The van der Waals surface area contributed by atoms with Crippen molar-refractivity contribution in [2.75, 3.05) is 6.26 Å².